The van der Waals surface area contributed by atoms with Gasteiger partial charge in [-0.3, -0.25) is 4.79 Å². The zero-order chi connectivity index (χ0) is 22.2. The summed E-state index contributed by atoms with van der Waals surface area (Å²) in [6.45, 7) is 7.10. The summed E-state index contributed by atoms with van der Waals surface area (Å²) in [7, 11) is 1.61. The minimum absolute atomic E-state index is 0.0696. The monoisotopic (exact) mass is 440 g/mol. The molecule has 164 valence electrons. The second kappa shape index (κ2) is 10.8. The van der Waals surface area contributed by atoms with Crippen LogP contribution in [-0.2, 0) is 11.2 Å². The summed E-state index contributed by atoms with van der Waals surface area (Å²) in [5.41, 5.74) is 2.89. The van der Waals surface area contributed by atoms with Crippen LogP contribution in [0.4, 0.5) is 5.13 Å². The van der Waals surface area contributed by atoms with Crippen molar-refractivity contribution in [2.24, 2.45) is 0 Å². The van der Waals surface area contributed by atoms with Gasteiger partial charge in [-0.15, -0.1) is 11.3 Å². The Bertz CT molecular complexity index is 1010. The maximum atomic E-state index is 12.5. The number of aromatic nitrogens is 1. The SMILES string of the molecule is CCOc1ccc(-c2nc(NC(=O)CCc3ccc(OCC)c(OC)c3)sc2C)cc1. The number of carbonyl (C=O) groups is 1. The number of hydrogen-bond donors (Lipinski definition) is 1. The standard InChI is InChI=1S/C24H28N2O4S/c1-5-29-19-11-9-18(10-12-19)23-16(3)31-24(26-23)25-22(27)14-8-17-7-13-20(30-6-2)21(15-17)28-4/h7,9-13,15H,5-6,8,14H2,1-4H3,(H,25,26,27). The number of nitrogens with zero attached hydrogens (tertiary/aromatic N) is 1. The maximum Gasteiger partial charge on any atom is 0.226 e. The van der Waals surface area contributed by atoms with Gasteiger partial charge in [0, 0.05) is 16.9 Å². The predicted molar refractivity (Wildman–Crippen MR) is 125 cm³/mol. The fourth-order valence-electron chi connectivity index (χ4n) is 3.18. The van der Waals surface area contributed by atoms with Crippen molar-refractivity contribution in [1.29, 1.82) is 0 Å². The summed E-state index contributed by atoms with van der Waals surface area (Å²) >= 11 is 1.48. The Labute approximate surface area is 187 Å². The van der Waals surface area contributed by atoms with Crippen molar-refractivity contribution in [3.63, 3.8) is 0 Å². The van der Waals surface area contributed by atoms with Gasteiger partial charge in [-0.25, -0.2) is 4.98 Å². The van der Waals surface area contributed by atoms with E-state index in [0.29, 0.717) is 42.7 Å². The van der Waals surface area contributed by atoms with Gasteiger partial charge in [0.25, 0.3) is 0 Å². The summed E-state index contributed by atoms with van der Waals surface area (Å²) < 4.78 is 16.4. The molecule has 0 spiro atoms. The van der Waals surface area contributed by atoms with Crippen LogP contribution in [0.1, 0.15) is 30.7 Å². The highest BCUT2D eigenvalue weighted by Crippen LogP contribution is 2.32. The molecule has 0 aliphatic carbocycles. The fourth-order valence-corrected chi connectivity index (χ4v) is 4.03. The number of hydrogen-bond acceptors (Lipinski definition) is 6. The average molecular weight is 441 g/mol. The third kappa shape index (κ3) is 5.98. The molecular weight excluding hydrogens is 412 g/mol. The number of amides is 1. The van der Waals surface area contributed by atoms with Crippen LogP contribution in [0.25, 0.3) is 11.3 Å². The lowest BCUT2D eigenvalue weighted by Crippen LogP contribution is -2.12. The molecule has 0 unspecified atom stereocenters. The number of carbonyl (C=O) groups excluding carboxylic acids is 1. The molecule has 31 heavy (non-hydrogen) atoms. The molecule has 0 aliphatic heterocycles. The van der Waals surface area contributed by atoms with E-state index in [4.69, 9.17) is 14.2 Å². The Morgan fingerprint density at radius 2 is 1.77 bits per heavy atom. The molecule has 2 aromatic carbocycles. The van der Waals surface area contributed by atoms with Crippen molar-refractivity contribution in [3.8, 4) is 28.5 Å². The van der Waals surface area contributed by atoms with Crippen LogP contribution >= 0.6 is 11.3 Å². The van der Waals surface area contributed by atoms with E-state index in [9.17, 15) is 4.79 Å². The van der Waals surface area contributed by atoms with Gasteiger partial charge in [0.1, 0.15) is 5.75 Å². The molecule has 0 saturated carbocycles. The predicted octanol–water partition coefficient (Wildman–Crippen LogP) is 5.50. The number of nitrogens with one attached hydrogen (secondary N) is 1. The second-order valence-corrected chi connectivity index (χ2v) is 8.05. The molecule has 0 saturated heterocycles. The highest BCUT2D eigenvalue weighted by atomic mass is 32.1. The van der Waals surface area contributed by atoms with E-state index in [1.54, 1.807) is 7.11 Å². The van der Waals surface area contributed by atoms with Gasteiger partial charge in [-0.2, -0.15) is 0 Å². The summed E-state index contributed by atoms with van der Waals surface area (Å²) in [6.07, 6.45) is 0.957. The molecule has 0 atom stereocenters. The quantitative estimate of drug-likeness (QED) is 0.451. The van der Waals surface area contributed by atoms with Crippen molar-refractivity contribution in [2.45, 2.75) is 33.6 Å². The van der Waals surface area contributed by atoms with Gasteiger partial charge in [-0.05, 0) is 69.2 Å². The third-order valence-electron chi connectivity index (χ3n) is 4.65. The van der Waals surface area contributed by atoms with Crippen LogP contribution < -0.4 is 19.5 Å². The molecule has 3 rings (SSSR count). The number of benzene rings is 2. The van der Waals surface area contributed by atoms with Crippen molar-refractivity contribution >= 4 is 22.4 Å². The van der Waals surface area contributed by atoms with Gasteiger partial charge in [-0.1, -0.05) is 6.07 Å². The Balaban J connectivity index is 1.60. The molecule has 1 N–H and O–H groups in total. The van der Waals surface area contributed by atoms with Crippen LogP contribution in [0.5, 0.6) is 17.2 Å². The number of ether oxygens (including phenoxy) is 3. The molecular formula is C24H28N2O4S. The molecule has 6 nitrogen and oxygen atoms in total. The van der Waals surface area contributed by atoms with E-state index >= 15 is 0 Å². The Morgan fingerprint density at radius 1 is 1.03 bits per heavy atom. The van der Waals surface area contributed by atoms with Crippen LogP contribution in [-0.4, -0.2) is 31.2 Å². The molecule has 0 bridgehead atoms. The first-order chi connectivity index (χ1) is 15.0. The average Bonchev–Trinajstić information content (AvgIpc) is 3.13. The first kappa shape index (κ1) is 22.6. The van der Waals surface area contributed by atoms with E-state index in [2.05, 4.69) is 10.3 Å². The number of rotatable bonds is 10. The maximum absolute atomic E-state index is 12.5. The minimum atomic E-state index is -0.0696. The number of methoxy groups -OCH3 is 1. The van der Waals surface area contributed by atoms with Crippen LogP contribution in [0, 0.1) is 6.92 Å². The molecule has 1 amide bonds. The third-order valence-corrected chi connectivity index (χ3v) is 5.54. The van der Waals surface area contributed by atoms with Gasteiger partial charge in [0.15, 0.2) is 16.6 Å². The van der Waals surface area contributed by atoms with Gasteiger partial charge in [0.05, 0.1) is 26.0 Å². The van der Waals surface area contributed by atoms with Crippen molar-refractivity contribution in [1.82, 2.24) is 4.98 Å². The summed E-state index contributed by atoms with van der Waals surface area (Å²) in [6, 6.07) is 13.6. The van der Waals surface area contributed by atoms with Crippen LogP contribution in [0.2, 0.25) is 0 Å². The van der Waals surface area contributed by atoms with Crippen molar-refractivity contribution < 1.29 is 19.0 Å². The minimum Gasteiger partial charge on any atom is -0.494 e. The van der Waals surface area contributed by atoms with E-state index in [0.717, 1.165) is 27.4 Å². The van der Waals surface area contributed by atoms with Gasteiger partial charge in [0.2, 0.25) is 5.91 Å². The smallest absolute Gasteiger partial charge is 0.226 e. The Morgan fingerprint density at radius 3 is 2.45 bits per heavy atom. The zero-order valence-electron chi connectivity index (χ0n) is 18.4. The molecule has 0 radical (unpaired) electrons. The molecule has 7 heteroatoms. The number of anilines is 1. The van der Waals surface area contributed by atoms with Crippen molar-refractivity contribution in [3.05, 3.63) is 52.9 Å². The highest BCUT2D eigenvalue weighted by Gasteiger charge is 2.13. The normalized spacial score (nSPS) is 10.6. The van der Waals surface area contributed by atoms with Crippen LogP contribution in [0.3, 0.4) is 0 Å². The van der Waals surface area contributed by atoms with E-state index < -0.39 is 0 Å². The molecule has 0 fully saturated rings. The topological polar surface area (TPSA) is 69.7 Å². The Kier molecular flexibility index (Phi) is 7.89. The summed E-state index contributed by atoms with van der Waals surface area (Å²) in [5, 5.41) is 3.53. The molecule has 0 aliphatic rings. The van der Waals surface area contributed by atoms with Crippen molar-refractivity contribution in [2.75, 3.05) is 25.6 Å². The van der Waals surface area contributed by atoms with Crippen LogP contribution in [0.15, 0.2) is 42.5 Å². The lowest BCUT2D eigenvalue weighted by Gasteiger charge is -2.10. The Hall–Kier alpha value is -3.06. The zero-order valence-corrected chi connectivity index (χ0v) is 19.2. The molecule has 1 heterocycles. The van der Waals surface area contributed by atoms with E-state index in [-0.39, 0.29) is 5.91 Å². The molecule has 3 aromatic rings. The second-order valence-electron chi connectivity index (χ2n) is 6.85. The van der Waals surface area contributed by atoms with Gasteiger partial charge < -0.3 is 19.5 Å². The summed E-state index contributed by atoms with van der Waals surface area (Å²) in [4.78, 5) is 18.1. The number of aryl methyl sites for hydroxylation is 2. The first-order valence-corrected chi connectivity index (χ1v) is 11.2. The van der Waals surface area contributed by atoms with E-state index in [1.807, 2.05) is 63.2 Å². The first-order valence-electron chi connectivity index (χ1n) is 10.3. The number of thiazole rings is 1. The van der Waals surface area contributed by atoms with E-state index in [1.165, 1.54) is 11.3 Å². The molecule has 1 aromatic heterocycles. The summed E-state index contributed by atoms with van der Waals surface area (Å²) in [5.74, 6) is 2.15. The highest BCUT2D eigenvalue weighted by molar-refractivity contribution is 7.16. The largest absolute Gasteiger partial charge is 0.494 e. The van der Waals surface area contributed by atoms with Gasteiger partial charge >= 0.3 is 0 Å². The lowest BCUT2D eigenvalue weighted by atomic mass is 10.1. The fraction of sp³-hybridized carbons (Fsp3) is 0.333. The lowest BCUT2D eigenvalue weighted by molar-refractivity contribution is -0.116.